The van der Waals surface area contributed by atoms with Gasteiger partial charge in [0, 0.05) is 69.5 Å². The second kappa shape index (κ2) is 9.16. The summed E-state index contributed by atoms with van der Waals surface area (Å²) >= 11 is 0. The Morgan fingerprint density at radius 2 is 1.76 bits per heavy atom. The Morgan fingerprint density at radius 1 is 1.00 bits per heavy atom. The number of piperidine rings is 2. The van der Waals surface area contributed by atoms with Gasteiger partial charge in [-0.15, -0.1) is 6.42 Å². The molecule has 0 spiro atoms. The number of nitrogens with one attached hydrogen (secondary N) is 1. The van der Waals surface area contributed by atoms with Crippen LogP contribution in [0.2, 0.25) is 0 Å². The van der Waals surface area contributed by atoms with Crippen LogP contribution < -0.4 is 10.2 Å². The van der Waals surface area contributed by atoms with E-state index in [9.17, 15) is 14.4 Å². The Labute approximate surface area is 194 Å². The highest BCUT2D eigenvalue weighted by Gasteiger charge is 2.39. The van der Waals surface area contributed by atoms with Crippen LogP contribution in [0.1, 0.15) is 41.6 Å². The summed E-state index contributed by atoms with van der Waals surface area (Å²) in [6.07, 6.45) is 8.37. The number of imide groups is 1. The van der Waals surface area contributed by atoms with Gasteiger partial charge in [0.2, 0.25) is 11.8 Å². The first kappa shape index (κ1) is 21.9. The summed E-state index contributed by atoms with van der Waals surface area (Å²) in [6.45, 7) is 7.44. The zero-order chi connectivity index (χ0) is 22.9. The van der Waals surface area contributed by atoms with Crippen LogP contribution in [0.3, 0.4) is 0 Å². The molecule has 3 amide bonds. The fraction of sp³-hybridized carbons (Fsp3) is 0.560. The fourth-order valence-corrected chi connectivity index (χ4v) is 5.66. The number of fused-ring (bicyclic) bond motifs is 1. The van der Waals surface area contributed by atoms with E-state index in [4.69, 9.17) is 6.42 Å². The molecule has 3 saturated heterocycles. The summed E-state index contributed by atoms with van der Waals surface area (Å²) in [5.41, 5.74) is 2.78. The van der Waals surface area contributed by atoms with Crippen LogP contribution in [-0.4, -0.2) is 90.3 Å². The van der Waals surface area contributed by atoms with E-state index >= 15 is 0 Å². The predicted molar refractivity (Wildman–Crippen MR) is 125 cm³/mol. The first-order valence-electron chi connectivity index (χ1n) is 12.0. The van der Waals surface area contributed by atoms with Crippen LogP contribution in [-0.2, 0) is 16.1 Å². The summed E-state index contributed by atoms with van der Waals surface area (Å²) in [6, 6.07) is 6.09. The Hall–Kier alpha value is -2.89. The smallest absolute Gasteiger partial charge is 0.255 e. The van der Waals surface area contributed by atoms with E-state index in [1.54, 1.807) is 4.90 Å². The lowest BCUT2D eigenvalue weighted by Crippen LogP contribution is -2.53. The van der Waals surface area contributed by atoms with Crippen molar-refractivity contribution in [2.45, 2.75) is 44.3 Å². The Bertz CT molecular complexity index is 986. The number of carbonyl (C=O) groups is 3. The molecule has 4 aliphatic heterocycles. The molecular formula is C25H31N5O3. The Morgan fingerprint density at radius 3 is 2.45 bits per heavy atom. The van der Waals surface area contributed by atoms with Crippen molar-refractivity contribution in [3.63, 3.8) is 0 Å². The summed E-state index contributed by atoms with van der Waals surface area (Å²) in [5.74, 6) is 2.00. The molecule has 1 atom stereocenters. The standard InChI is InChI=1S/C25H31N5O3/c1-2-9-27-12-14-29(15-13-27)19-7-10-28(11-8-19)20-3-4-21-18(16-20)17-30(25(21)33)22-5-6-23(31)26-24(22)32/h1,3-4,16,19,22H,5-15,17H2,(H,26,31,32). The van der Waals surface area contributed by atoms with Crippen LogP contribution in [0, 0.1) is 12.3 Å². The van der Waals surface area contributed by atoms with E-state index in [2.05, 4.69) is 32.0 Å². The second-order valence-corrected chi connectivity index (χ2v) is 9.48. The quantitative estimate of drug-likeness (QED) is 0.538. The van der Waals surface area contributed by atoms with Crippen LogP contribution in [0.5, 0.6) is 0 Å². The van der Waals surface area contributed by atoms with Gasteiger partial charge in [-0.1, -0.05) is 5.92 Å². The van der Waals surface area contributed by atoms with Crippen molar-refractivity contribution in [1.82, 2.24) is 20.0 Å². The Balaban J connectivity index is 1.19. The number of rotatable bonds is 4. The molecule has 1 aromatic rings. The number of piperazine rings is 1. The molecule has 0 radical (unpaired) electrons. The molecule has 8 heteroatoms. The van der Waals surface area contributed by atoms with Gasteiger partial charge < -0.3 is 9.80 Å². The van der Waals surface area contributed by atoms with Crippen LogP contribution in [0.25, 0.3) is 0 Å². The largest absolute Gasteiger partial charge is 0.371 e. The third-order valence-electron chi connectivity index (χ3n) is 7.57. The minimum Gasteiger partial charge on any atom is -0.371 e. The first-order chi connectivity index (χ1) is 16.0. The van der Waals surface area contributed by atoms with Gasteiger partial charge in [0.1, 0.15) is 6.04 Å². The minimum atomic E-state index is -0.567. The maximum Gasteiger partial charge on any atom is 0.255 e. The summed E-state index contributed by atoms with van der Waals surface area (Å²) < 4.78 is 0. The number of amides is 3. The number of hydrogen-bond donors (Lipinski definition) is 1. The second-order valence-electron chi connectivity index (χ2n) is 9.48. The highest BCUT2D eigenvalue weighted by molar-refractivity contribution is 6.05. The number of terminal acetylenes is 1. The maximum absolute atomic E-state index is 12.9. The average Bonchev–Trinajstić information content (AvgIpc) is 3.15. The molecule has 1 aromatic carbocycles. The molecule has 0 saturated carbocycles. The van der Waals surface area contributed by atoms with Crippen molar-refractivity contribution in [3.05, 3.63) is 29.3 Å². The molecule has 0 bridgehead atoms. The molecule has 4 heterocycles. The maximum atomic E-state index is 12.9. The highest BCUT2D eigenvalue weighted by Crippen LogP contribution is 2.32. The van der Waals surface area contributed by atoms with Gasteiger partial charge in [-0.2, -0.15) is 0 Å². The van der Waals surface area contributed by atoms with E-state index in [1.165, 1.54) is 0 Å². The predicted octanol–water partition coefficient (Wildman–Crippen LogP) is 0.667. The van der Waals surface area contributed by atoms with Crippen molar-refractivity contribution in [2.24, 2.45) is 0 Å². The van der Waals surface area contributed by atoms with Crippen LogP contribution in [0.4, 0.5) is 5.69 Å². The van der Waals surface area contributed by atoms with E-state index in [1.807, 2.05) is 12.1 Å². The number of benzene rings is 1. The van der Waals surface area contributed by atoms with Crippen molar-refractivity contribution in [3.8, 4) is 12.3 Å². The van der Waals surface area contributed by atoms with E-state index in [-0.39, 0.29) is 24.1 Å². The third kappa shape index (κ3) is 4.35. The molecule has 3 fully saturated rings. The van der Waals surface area contributed by atoms with Crippen LogP contribution >= 0.6 is 0 Å². The van der Waals surface area contributed by atoms with Crippen molar-refractivity contribution in [1.29, 1.82) is 0 Å². The van der Waals surface area contributed by atoms with Crippen molar-refractivity contribution < 1.29 is 14.4 Å². The molecule has 8 nitrogen and oxygen atoms in total. The average molecular weight is 450 g/mol. The molecule has 5 rings (SSSR count). The summed E-state index contributed by atoms with van der Waals surface area (Å²) in [5, 5.41) is 2.36. The third-order valence-corrected chi connectivity index (χ3v) is 7.57. The monoisotopic (exact) mass is 449 g/mol. The molecule has 4 aliphatic rings. The summed E-state index contributed by atoms with van der Waals surface area (Å²) in [7, 11) is 0. The lowest BCUT2D eigenvalue weighted by Gasteiger charge is -2.43. The Kier molecular flexibility index (Phi) is 6.09. The molecule has 1 N–H and O–H groups in total. The van der Waals surface area contributed by atoms with Gasteiger partial charge in [0.05, 0.1) is 6.54 Å². The lowest BCUT2D eigenvalue weighted by atomic mass is 10.0. The van der Waals surface area contributed by atoms with E-state index in [0.717, 1.165) is 69.9 Å². The van der Waals surface area contributed by atoms with Crippen molar-refractivity contribution >= 4 is 23.4 Å². The SMILES string of the molecule is C#CCN1CCN(C2CCN(c3ccc4c(c3)CN(C3CCC(=O)NC3=O)C4=O)CC2)CC1. The first-order valence-corrected chi connectivity index (χ1v) is 12.0. The van der Waals surface area contributed by atoms with E-state index in [0.29, 0.717) is 24.6 Å². The minimum absolute atomic E-state index is 0.117. The molecule has 33 heavy (non-hydrogen) atoms. The van der Waals surface area contributed by atoms with Gasteiger partial charge in [-0.25, -0.2) is 0 Å². The number of anilines is 1. The molecule has 0 aromatic heterocycles. The van der Waals surface area contributed by atoms with Gasteiger partial charge in [0.25, 0.3) is 5.91 Å². The van der Waals surface area contributed by atoms with Gasteiger partial charge in [-0.05, 0) is 43.0 Å². The zero-order valence-electron chi connectivity index (χ0n) is 19.0. The number of hydrogen-bond acceptors (Lipinski definition) is 6. The van der Waals surface area contributed by atoms with Crippen molar-refractivity contribution in [2.75, 3.05) is 50.7 Å². The van der Waals surface area contributed by atoms with Gasteiger partial charge in [-0.3, -0.25) is 29.5 Å². The molecule has 174 valence electrons. The lowest BCUT2D eigenvalue weighted by molar-refractivity contribution is -0.136. The highest BCUT2D eigenvalue weighted by atomic mass is 16.2. The van der Waals surface area contributed by atoms with Crippen LogP contribution in [0.15, 0.2) is 18.2 Å². The number of carbonyl (C=O) groups excluding carboxylic acids is 3. The van der Waals surface area contributed by atoms with E-state index < -0.39 is 6.04 Å². The number of nitrogens with zero attached hydrogens (tertiary/aromatic N) is 4. The van der Waals surface area contributed by atoms with Gasteiger partial charge >= 0.3 is 0 Å². The zero-order valence-corrected chi connectivity index (χ0v) is 19.0. The normalized spacial score (nSPS) is 25.2. The fourth-order valence-electron chi connectivity index (χ4n) is 5.66. The molecular weight excluding hydrogens is 418 g/mol. The summed E-state index contributed by atoms with van der Waals surface area (Å²) in [4.78, 5) is 45.6. The van der Waals surface area contributed by atoms with Gasteiger partial charge in [0.15, 0.2) is 0 Å². The molecule has 0 aliphatic carbocycles. The topological polar surface area (TPSA) is 76.2 Å². The molecule has 1 unspecified atom stereocenters.